The molecule has 2 fully saturated rings. The SMILES string of the molecule is CC#CC#CC#CC#CC(=O)OC1C(COC(C)=O)=CC2C(=O)C3(C=C(C)C(O)C13O)C(C)CC1C2C1(C)C.[HH].[HH].[HH].[HH].[HH].[HH]. The highest BCUT2D eigenvalue weighted by Gasteiger charge is 2.76. The minimum Gasteiger partial charge on any atom is -0.461 e. The Kier molecular flexibility index (Phi) is 7.31. The highest BCUT2D eigenvalue weighted by atomic mass is 16.6. The second-order valence-electron chi connectivity index (χ2n) is 11.4. The van der Waals surface area contributed by atoms with Gasteiger partial charge in [0.25, 0.3) is 0 Å². The van der Waals surface area contributed by atoms with Gasteiger partial charge in [-0.25, -0.2) is 4.79 Å². The first-order valence-electron chi connectivity index (χ1n) is 12.9. The van der Waals surface area contributed by atoms with Gasteiger partial charge in [-0.15, -0.1) is 0 Å². The van der Waals surface area contributed by atoms with Crippen molar-refractivity contribution in [3.05, 3.63) is 23.3 Å². The van der Waals surface area contributed by atoms with Gasteiger partial charge in [0.05, 0.1) is 5.41 Å². The van der Waals surface area contributed by atoms with Gasteiger partial charge in [0.15, 0.2) is 17.5 Å². The second-order valence-corrected chi connectivity index (χ2v) is 11.4. The number of allylic oxidation sites excluding steroid dienone is 1. The number of fused-ring (bicyclic) bond motifs is 3. The third-order valence-corrected chi connectivity index (χ3v) is 8.99. The zero-order valence-electron chi connectivity index (χ0n) is 23.0. The third kappa shape index (κ3) is 4.37. The van der Waals surface area contributed by atoms with Crippen LogP contribution in [0.1, 0.15) is 56.5 Å². The molecule has 2 saturated carbocycles. The lowest BCUT2D eigenvalue weighted by atomic mass is 9.59. The molecule has 0 aromatic rings. The molecule has 0 radical (unpaired) electrons. The number of aliphatic hydroxyl groups excluding tert-OH is 1. The summed E-state index contributed by atoms with van der Waals surface area (Å²) in [5, 5.41) is 23.9. The molecule has 4 aliphatic rings. The quantitative estimate of drug-likeness (QED) is 0.244. The van der Waals surface area contributed by atoms with Crippen molar-refractivity contribution in [2.75, 3.05) is 6.61 Å². The Morgan fingerprint density at radius 1 is 1.15 bits per heavy atom. The van der Waals surface area contributed by atoms with Crippen LogP contribution < -0.4 is 0 Å². The molecule has 7 nitrogen and oxygen atoms in total. The van der Waals surface area contributed by atoms with Gasteiger partial charge >= 0.3 is 11.9 Å². The van der Waals surface area contributed by atoms with Crippen LogP contribution in [0.5, 0.6) is 0 Å². The van der Waals surface area contributed by atoms with Gasteiger partial charge in [-0.3, -0.25) is 9.59 Å². The largest absolute Gasteiger partial charge is 0.461 e. The van der Waals surface area contributed by atoms with Crippen LogP contribution >= 0.6 is 0 Å². The summed E-state index contributed by atoms with van der Waals surface area (Å²) in [6.07, 6.45) is 0.981. The highest BCUT2D eigenvalue weighted by molar-refractivity contribution is 5.96. The smallest absolute Gasteiger partial charge is 0.386 e. The Morgan fingerprint density at radius 3 is 2.44 bits per heavy atom. The van der Waals surface area contributed by atoms with E-state index in [9.17, 15) is 24.6 Å². The molecule has 214 valence electrons. The van der Waals surface area contributed by atoms with E-state index < -0.39 is 41.1 Å². The third-order valence-electron chi connectivity index (χ3n) is 8.99. The maximum Gasteiger partial charge on any atom is 0.386 e. The van der Waals surface area contributed by atoms with Crippen molar-refractivity contribution in [1.82, 2.24) is 0 Å². The molecule has 0 saturated heterocycles. The van der Waals surface area contributed by atoms with Crippen LogP contribution in [0.4, 0.5) is 0 Å². The van der Waals surface area contributed by atoms with Crippen molar-refractivity contribution in [1.29, 1.82) is 0 Å². The number of ketones is 1. The van der Waals surface area contributed by atoms with Crippen molar-refractivity contribution >= 4 is 17.7 Å². The van der Waals surface area contributed by atoms with Gasteiger partial charge < -0.3 is 19.7 Å². The number of hydrogen-bond donors (Lipinski definition) is 2. The number of hydrogen-bond acceptors (Lipinski definition) is 7. The van der Waals surface area contributed by atoms with Crippen LogP contribution in [0.15, 0.2) is 23.3 Å². The van der Waals surface area contributed by atoms with E-state index in [4.69, 9.17) is 9.47 Å². The highest BCUT2D eigenvalue weighted by Crippen LogP contribution is 2.71. The summed E-state index contributed by atoms with van der Waals surface area (Å²) < 4.78 is 11.0. The lowest BCUT2D eigenvalue weighted by Gasteiger charge is -2.48. The summed E-state index contributed by atoms with van der Waals surface area (Å²) in [5.74, 6) is 17.0. The molecule has 0 amide bonds. The molecule has 8 atom stereocenters. The van der Waals surface area contributed by atoms with E-state index in [0.717, 1.165) is 0 Å². The van der Waals surface area contributed by atoms with E-state index in [1.807, 2.05) is 6.92 Å². The van der Waals surface area contributed by atoms with E-state index in [1.54, 1.807) is 26.0 Å². The first kappa shape index (κ1) is 28.3. The Bertz CT molecular complexity index is 1460. The first-order chi connectivity index (χ1) is 18.3. The van der Waals surface area contributed by atoms with E-state index in [1.165, 1.54) is 6.92 Å². The lowest BCUT2D eigenvalue weighted by Crippen LogP contribution is -2.66. The predicted octanol–water partition coefficient (Wildman–Crippen LogP) is 3.45. The normalized spacial score (nSPS) is 36.4. The molecular formula is C32H44O7. The van der Waals surface area contributed by atoms with Gasteiger partial charge in [0, 0.05) is 32.9 Å². The predicted molar refractivity (Wildman–Crippen MR) is 154 cm³/mol. The molecule has 1 spiro atoms. The number of esters is 2. The molecular weight excluding hydrogens is 496 g/mol. The van der Waals surface area contributed by atoms with E-state index in [0.29, 0.717) is 12.0 Å². The molecule has 39 heavy (non-hydrogen) atoms. The van der Waals surface area contributed by atoms with Crippen molar-refractivity contribution in [3.8, 4) is 47.4 Å². The van der Waals surface area contributed by atoms with Crippen LogP contribution in [0.2, 0.25) is 0 Å². The molecule has 0 aliphatic heterocycles. The fourth-order valence-corrected chi connectivity index (χ4v) is 7.15. The molecule has 2 N–H and O–H groups in total. The average Bonchev–Trinajstić information content (AvgIpc) is 3.38. The van der Waals surface area contributed by atoms with Crippen LogP contribution in [0.3, 0.4) is 0 Å². The minimum atomic E-state index is -2.23. The topological polar surface area (TPSA) is 110 Å². The van der Waals surface area contributed by atoms with Crippen molar-refractivity contribution in [3.63, 3.8) is 0 Å². The molecule has 0 heterocycles. The van der Waals surface area contributed by atoms with Crippen molar-refractivity contribution in [2.45, 2.75) is 65.8 Å². The summed E-state index contributed by atoms with van der Waals surface area (Å²) in [7, 11) is 0. The van der Waals surface area contributed by atoms with Gasteiger partial charge in [0.2, 0.25) is 0 Å². The number of carbonyl (C=O) groups excluding carboxylic acids is 3. The standard InChI is InChI=1S/C32H32O7.6H2/c1-7-8-9-10-11-12-13-14-25(34)39-29-22(18-38-21(4)33)16-23-26-24(30(26,5)6)15-20(3)31(28(23)36)17-19(2)27(35)32(29,31)37;;;;;;/h16-17,20,23-24,26-27,29,35,37H,15,18H2,1-6H3;6*1H. The molecule has 0 aromatic heterocycles. The van der Waals surface area contributed by atoms with E-state index >= 15 is 0 Å². The number of aliphatic hydroxyl groups is 2. The summed E-state index contributed by atoms with van der Waals surface area (Å²) in [5.41, 5.74) is -3.22. The fourth-order valence-electron chi connectivity index (χ4n) is 7.15. The average molecular weight is 541 g/mol. The molecule has 0 aromatic carbocycles. The zero-order valence-corrected chi connectivity index (χ0v) is 23.0. The van der Waals surface area contributed by atoms with Gasteiger partial charge in [-0.1, -0.05) is 38.8 Å². The monoisotopic (exact) mass is 540 g/mol. The Labute approximate surface area is 238 Å². The molecule has 2 bridgehead atoms. The zero-order chi connectivity index (χ0) is 28.8. The Hall–Kier alpha value is -3.75. The molecule has 8 unspecified atom stereocenters. The summed E-state index contributed by atoms with van der Waals surface area (Å²) in [6, 6.07) is 0. The number of Topliss-reactive ketones (excluding diaryl/α,β-unsaturated/α-hetero) is 1. The van der Waals surface area contributed by atoms with Crippen molar-refractivity contribution in [2.24, 2.45) is 34.5 Å². The van der Waals surface area contributed by atoms with Gasteiger partial charge in [-0.2, -0.15) is 0 Å². The summed E-state index contributed by atoms with van der Waals surface area (Å²) in [6.45, 7) is 10.3. The maximum atomic E-state index is 14.4. The van der Waals surface area contributed by atoms with Crippen LogP contribution in [0.25, 0.3) is 0 Å². The van der Waals surface area contributed by atoms with Gasteiger partial charge in [0.1, 0.15) is 12.7 Å². The summed E-state index contributed by atoms with van der Waals surface area (Å²) >= 11 is 0. The van der Waals surface area contributed by atoms with Crippen LogP contribution in [0, 0.1) is 81.9 Å². The Balaban J connectivity index is -0.00000294. The Morgan fingerprint density at radius 2 is 1.79 bits per heavy atom. The molecule has 4 aliphatic carbocycles. The lowest BCUT2D eigenvalue weighted by molar-refractivity contribution is -0.201. The van der Waals surface area contributed by atoms with Crippen LogP contribution in [-0.4, -0.2) is 52.4 Å². The number of ether oxygens (including phenoxy) is 2. The second kappa shape index (κ2) is 10.1. The minimum absolute atomic E-state index is 0. The first-order valence-corrected chi connectivity index (χ1v) is 12.9. The summed E-state index contributed by atoms with van der Waals surface area (Å²) in [4.78, 5) is 39.1. The van der Waals surface area contributed by atoms with E-state index in [-0.39, 0.29) is 49.7 Å². The van der Waals surface area contributed by atoms with Gasteiger partial charge in [-0.05, 0) is 84.5 Å². The number of carbonyl (C=O) groups is 3. The molecule has 7 heteroatoms. The number of rotatable bonds is 3. The fraction of sp³-hybridized carbons (Fsp3) is 0.531. The van der Waals surface area contributed by atoms with Crippen molar-refractivity contribution < 1.29 is 42.6 Å². The van der Waals surface area contributed by atoms with E-state index in [2.05, 4.69) is 61.2 Å². The maximum absolute atomic E-state index is 14.4. The van der Waals surface area contributed by atoms with Crippen LogP contribution in [-0.2, 0) is 23.9 Å². The molecule has 4 rings (SSSR count).